The molecule has 6 heteroatoms. The number of amides is 1. The first-order chi connectivity index (χ1) is 4.68. The van der Waals surface area contributed by atoms with Crippen molar-refractivity contribution in [3.63, 3.8) is 0 Å². The Bertz CT molecular complexity index is 246. The average Bonchev–Trinajstić information content (AvgIpc) is 2.13. The number of hydrogen-bond donors (Lipinski definition) is 3. The van der Waals surface area contributed by atoms with Crippen LogP contribution in [0, 0.1) is 0 Å². The fraction of sp³-hybridized carbons (Fsp3) is 0. The first-order valence-electron chi connectivity index (χ1n) is 2.40. The van der Waals surface area contributed by atoms with Crippen molar-refractivity contribution in [1.82, 2.24) is 9.97 Å². The van der Waals surface area contributed by atoms with E-state index in [0.29, 0.717) is 5.03 Å². The van der Waals surface area contributed by atoms with Crippen molar-refractivity contribution in [3.05, 3.63) is 6.20 Å². The Balaban J connectivity index is 2.67. The maximum atomic E-state index is 10.1. The zero-order chi connectivity index (χ0) is 7.56. The molecule has 0 aliphatic rings. The van der Waals surface area contributed by atoms with E-state index in [2.05, 4.69) is 33.1 Å². The first kappa shape index (κ1) is 6.94. The Morgan fingerprint density at radius 3 is 3.00 bits per heavy atom. The van der Waals surface area contributed by atoms with Crippen LogP contribution in [-0.2, 0) is 0 Å². The summed E-state index contributed by atoms with van der Waals surface area (Å²) >= 11 is 3.88. The van der Waals surface area contributed by atoms with E-state index >= 15 is 0 Å². The summed E-state index contributed by atoms with van der Waals surface area (Å²) in [7, 11) is 0. The third-order valence-electron chi connectivity index (χ3n) is 0.736. The quantitative estimate of drug-likeness (QED) is 0.510. The summed E-state index contributed by atoms with van der Waals surface area (Å²) in [5.74, 6) is 0. The molecule has 1 amide bonds. The number of primary amides is 1. The van der Waals surface area contributed by atoms with Crippen LogP contribution >= 0.6 is 12.6 Å². The summed E-state index contributed by atoms with van der Waals surface area (Å²) in [6.45, 7) is 0. The molecular weight excluding hydrogens is 154 g/mol. The predicted octanol–water partition coefficient (Wildman–Crippen LogP) is 0.156. The molecule has 0 aliphatic heterocycles. The molecule has 0 saturated heterocycles. The van der Waals surface area contributed by atoms with Crippen LogP contribution in [0.25, 0.3) is 0 Å². The number of carbonyl (C=O) groups excluding carboxylic acids is 1. The lowest BCUT2D eigenvalue weighted by atomic mass is 11.0. The second-order valence-corrected chi connectivity index (χ2v) is 1.98. The Kier molecular flexibility index (Phi) is 1.81. The molecule has 1 aromatic rings. The molecule has 0 radical (unpaired) electrons. The van der Waals surface area contributed by atoms with Crippen LogP contribution in [-0.4, -0.2) is 16.1 Å². The smallest absolute Gasteiger partial charge is 0.376 e. The number of H-pyrrole nitrogens is 1. The van der Waals surface area contributed by atoms with E-state index in [1.54, 1.807) is 0 Å². The number of rotatable bonds is 1. The number of aromatic nitrogens is 2. The van der Waals surface area contributed by atoms with E-state index < -0.39 is 6.09 Å². The van der Waals surface area contributed by atoms with Gasteiger partial charge in [0, 0.05) is 0 Å². The van der Waals surface area contributed by atoms with Crippen molar-refractivity contribution in [2.45, 2.75) is 5.03 Å². The molecule has 0 atom stereocenters. The van der Waals surface area contributed by atoms with Crippen LogP contribution < -0.4 is 10.5 Å². The number of nitrogens with one attached hydrogen (secondary N) is 1. The van der Waals surface area contributed by atoms with Gasteiger partial charge >= 0.3 is 12.1 Å². The lowest BCUT2D eigenvalue weighted by Crippen LogP contribution is -2.16. The summed E-state index contributed by atoms with van der Waals surface area (Å²) < 4.78 is 4.36. The molecule has 0 unspecified atom stereocenters. The Hall–Kier alpha value is -1.17. The van der Waals surface area contributed by atoms with E-state index in [0.717, 1.165) is 0 Å². The Morgan fingerprint density at radius 2 is 2.60 bits per heavy atom. The molecule has 10 heavy (non-hydrogen) atoms. The number of thiol groups is 1. The molecule has 1 heterocycles. The fourth-order valence-corrected chi connectivity index (χ4v) is 0.594. The fourth-order valence-electron chi connectivity index (χ4n) is 0.441. The number of carbonyl (C=O) groups is 1. The topological polar surface area (TPSA) is 81.0 Å². The van der Waals surface area contributed by atoms with Crippen LogP contribution in [0.2, 0.25) is 0 Å². The molecule has 1 rings (SSSR count). The zero-order valence-electron chi connectivity index (χ0n) is 4.87. The first-order valence-corrected chi connectivity index (χ1v) is 2.84. The number of nitrogens with zero attached hydrogens (tertiary/aromatic N) is 1. The minimum Gasteiger partial charge on any atom is -0.376 e. The molecule has 0 bridgehead atoms. The molecule has 0 saturated carbocycles. The monoisotopic (exact) mass is 159 g/mol. The standard InChI is InChI=1S/C4H5N3O2S/c5-3(8)9-4-6-1-2(10)7-4/h1,10H,(H2,5,8)(H,6,7). The van der Waals surface area contributed by atoms with E-state index in [4.69, 9.17) is 0 Å². The molecule has 1 aromatic heterocycles. The maximum absolute atomic E-state index is 10.1. The second-order valence-electron chi connectivity index (χ2n) is 1.49. The molecular formula is C4H5N3O2S. The van der Waals surface area contributed by atoms with E-state index in [1.807, 2.05) is 0 Å². The Morgan fingerprint density at radius 1 is 1.90 bits per heavy atom. The molecule has 0 aromatic carbocycles. The normalized spacial score (nSPS) is 9.30. The molecule has 0 fully saturated rings. The third-order valence-corrected chi connectivity index (χ3v) is 0.964. The van der Waals surface area contributed by atoms with Crippen molar-refractivity contribution >= 4 is 18.7 Å². The van der Waals surface area contributed by atoms with Crippen molar-refractivity contribution < 1.29 is 9.53 Å². The van der Waals surface area contributed by atoms with Gasteiger partial charge in [-0.15, -0.1) is 12.6 Å². The van der Waals surface area contributed by atoms with Crippen LogP contribution in [0.15, 0.2) is 11.2 Å². The van der Waals surface area contributed by atoms with Gasteiger partial charge in [0.2, 0.25) is 0 Å². The highest BCUT2D eigenvalue weighted by Gasteiger charge is 2.00. The number of ether oxygens (including phenoxy) is 1. The molecule has 0 spiro atoms. The van der Waals surface area contributed by atoms with Gasteiger partial charge in [-0.2, -0.15) is 0 Å². The largest absolute Gasteiger partial charge is 0.412 e. The minimum atomic E-state index is -0.900. The van der Waals surface area contributed by atoms with Crippen LogP contribution in [0.1, 0.15) is 0 Å². The molecule has 3 N–H and O–H groups in total. The number of imidazole rings is 1. The van der Waals surface area contributed by atoms with Gasteiger partial charge in [0.25, 0.3) is 0 Å². The zero-order valence-corrected chi connectivity index (χ0v) is 5.76. The highest BCUT2D eigenvalue weighted by atomic mass is 32.1. The SMILES string of the molecule is NC(=O)Oc1ncc(S)[nH]1. The van der Waals surface area contributed by atoms with Gasteiger partial charge in [-0.25, -0.2) is 9.78 Å². The lowest BCUT2D eigenvalue weighted by Gasteiger charge is -1.91. The summed E-state index contributed by atoms with van der Waals surface area (Å²) in [6, 6.07) is 0.0532. The second kappa shape index (κ2) is 2.61. The number of hydrogen-bond acceptors (Lipinski definition) is 4. The van der Waals surface area contributed by atoms with Gasteiger partial charge in [-0.1, -0.05) is 0 Å². The summed E-state index contributed by atoms with van der Waals surface area (Å²) in [4.78, 5) is 16.2. The van der Waals surface area contributed by atoms with Crippen LogP contribution in [0.5, 0.6) is 6.01 Å². The maximum Gasteiger partial charge on any atom is 0.412 e. The van der Waals surface area contributed by atoms with Gasteiger partial charge in [0.05, 0.1) is 11.2 Å². The number of nitrogens with two attached hydrogens (primary N) is 1. The summed E-state index contributed by atoms with van der Waals surface area (Å²) in [5.41, 5.74) is 4.69. The summed E-state index contributed by atoms with van der Waals surface area (Å²) in [6.07, 6.45) is 0.504. The average molecular weight is 159 g/mol. The molecule has 54 valence electrons. The van der Waals surface area contributed by atoms with E-state index in [9.17, 15) is 4.79 Å². The minimum absolute atomic E-state index is 0.0532. The third kappa shape index (κ3) is 1.66. The van der Waals surface area contributed by atoms with Crippen molar-refractivity contribution in [2.75, 3.05) is 0 Å². The molecule has 5 nitrogen and oxygen atoms in total. The van der Waals surface area contributed by atoms with Gasteiger partial charge in [0.15, 0.2) is 0 Å². The van der Waals surface area contributed by atoms with E-state index in [-0.39, 0.29) is 6.01 Å². The predicted molar refractivity (Wildman–Crippen MR) is 36.1 cm³/mol. The highest BCUT2D eigenvalue weighted by molar-refractivity contribution is 7.80. The van der Waals surface area contributed by atoms with Gasteiger partial charge < -0.3 is 15.5 Å². The summed E-state index contributed by atoms with van der Waals surface area (Å²) in [5, 5.41) is 0.510. The highest BCUT2D eigenvalue weighted by Crippen LogP contribution is 2.06. The van der Waals surface area contributed by atoms with Gasteiger partial charge in [-0.05, 0) is 0 Å². The van der Waals surface area contributed by atoms with Crippen molar-refractivity contribution in [2.24, 2.45) is 5.73 Å². The van der Waals surface area contributed by atoms with Crippen LogP contribution in [0.4, 0.5) is 4.79 Å². The lowest BCUT2D eigenvalue weighted by molar-refractivity contribution is 0.207. The molecule has 0 aliphatic carbocycles. The number of aromatic amines is 1. The Labute approximate surface area is 62.0 Å². The van der Waals surface area contributed by atoms with Gasteiger partial charge in [-0.3, -0.25) is 0 Å². The van der Waals surface area contributed by atoms with Gasteiger partial charge in [0.1, 0.15) is 0 Å². The van der Waals surface area contributed by atoms with Crippen LogP contribution in [0.3, 0.4) is 0 Å². The van der Waals surface area contributed by atoms with E-state index in [1.165, 1.54) is 6.20 Å². The van der Waals surface area contributed by atoms with Crippen molar-refractivity contribution in [1.29, 1.82) is 0 Å². The van der Waals surface area contributed by atoms with Crippen molar-refractivity contribution in [3.8, 4) is 6.01 Å².